The number of carbonyl (C=O) groups excluding carboxylic acids is 2. The minimum atomic E-state index is -0.158. The summed E-state index contributed by atoms with van der Waals surface area (Å²) in [6, 6.07) is 15.3. The Morgan fingerprint density at radius 1 is 1.00 bits per heavy atom. The van der Waals surface area contributed by atoms with Crippen LogP contribution in [0.2, 0.25) is 5.02 Å². The fourth-order valence-corrected chi connectivity index (χ4v) is 4.82. The van der Waals surface area contributed by atoms with Gasteiger partial charge >= 0.3 is 0 Å². The largest absolute Gasteiger partial charge is 0.371 e. The van der Waals surface area contributed by atoms with E-state index in [1.54, 1.807) is 29.2 Å². The molecule has 2 aromatic rings. The van der Waals surface area contributed by atoms with E-state index < -0.39 is 0 Å². The van der Waals surface area contributed by atoms with Gasteiger partial charge in [-0.2, -0.15) is 0 Å². The van der Waals surface area contributed by atoms with Crippen molar-refractivity contribution in [3.8, 4) is 0 Å². The van der Waals surface area contributed by atoms with Crippen LogP contribution in [0.1, 0.15) is 41.6 Å². The Labute approximate surface area is 189 Å². The molecule has 2 aliphatic heterocycles. The highest BCUT2D eigenvalue weighted by molar-refractivity contribution is 6.30. The van der Waals surface area contributed by atoms with Crippen LogP contribution in [-0.2, 0) is 11.3 Å². The number of carbonyl (C=O) groups is 2. The number of hydrogen-bond donors (Lipinski definition) is 0. The summed E-state index contributed by atoms with van der Waals surface area (Å²) in [5.74, 6) is -0.0741. The molecular formula is C25H30ClN3O2. The number of benzene rings is 2. The highest BCUT2D eigenvalue weighted by atomic mass is 35.5. The van der Waals surface area contributed by atoms with Crippen molar-refractivity contribution in [1.29, 1.82) is 0 Å². The van der Waals surface area contributed by atoms with Crippen molar-refractivity contribution < 1.29 is 9.59 Å². The van der Waals surface area contributed by atoms with E-state index in [-0.39, 0.29) is 17.7 Å². The summed E-state index contributed by atoms with van der Waals surface area (Å²) >= 11 is 5.94. The molecular weight excluding hydrogens is 410 g/mol. The van der Waals surface area contributed by atoms with Crippen molar-refractivity contribution in [3.05, 3.63) is 64.7 Å². The van der Waals surface area contributed by atoms with Crippen molar-refractivity contribution in [3.63, 3.8) is 0 Å². The molecule has 0 aromatic heterocycles. The molecule has 0 N–H and O–H groups in total. The number of anilines is 1. The van der Waals surface area contributed by atoms with Gasteiger partial charge in [-0.1, -0.05) is 29.8 Å². The molecule has 5 nitrogen and oxygen atoms in total. The van der Waals surface area contributed by atoms with Gasteiger partial charge in [0.05, 0.1) is 5.92 Å². The van der Waals surface area contributed by atoms with E-state index in [1.165, 1.54) is 24.1 Å². The molecule has 0 unspecified atom stereocenters. The molecule has 2 amide bonds. The van der Waals surface area contributed by atoms with Crippen LogP contribution in [0.4, 0.5) is 5.69 Å². The normalized spacial score (nSPS) is 18.8. The molecule has 0 bridgehead atoms. The van der Waals surface area contributed by atoms with Gasteiger partial charge in [-0.05, 0) is 61.6 Å². The Bertz CT molecular complexity index is 925. The third-order valence-corrected chi connectivity index (χ3v) is 6.62. The molecule has 2 heterocycles. The zero-order valence-electron chi connectivity index (χ0n) is 18.1. The quantitative estimate of drug-likeness (QED) is 0.691. The van der Waals surface area contributed by atoms with Crippen molar-refractivity contribution in [2.45, 2.75) is 32.2 Å². The van der Waals surface area contributed by atoms with E-state index in [2.05, 4.69) is 23.1 Å². The number of piperidine rings is 1. The highest BCUT2D eigenvalue weighted by Gasteiger charge is 2.31. The van der Waals surface area contributed by atoms with Crippen molar-refractivity contribution in [2.24, 2.45) is 5.92 Å². The Morgan fingerprint density at radius 2 is 1.71 bits per heavy atom. The van der Waals surface area contributed by atoms with Crippen molar-refractivity contribution in [2.75, 3.05) is 38.1 Å². The maximum absolute atomic E-state index is 13.2. The molecule has 31 heavy (non-hydrogen) atoms. The second-order valence-corrected chi connectivity index (χ2v) is 9.05. The summed E-state index contributed by atoms with van der Waals surface area (Å²) < 4.78 is 0. The predicted octanol–water partition coefficient (Wildman–Crippen LogP) is 4.45. The van der Waals surface area contributed by atoms with Gasteiger partial charge in [0.15, 0.2) is 0 Å². The first-order valence-corrected chi connectivity index (χ1v) is 11.5. The van der Waals surface area contributed by atoms with Crippen LogP contribution in [0.3, 0.4) is 0 Å². The smallest absolute Gasteiger partial charge is 0.253 e. The second kappa shape index (κ2) is 9.73. The molecule has 0 aliphatic carbocycles. The van der Waals surface area contributed by atoms with E-state index >= 15 is 0 Å². The van der Waals surface area contributed by atoms with Crippen LogP contribution in [0, 0.1) is 5.92 Å². The third kappa shape index (κ3) is 5.04. The van der Waals surface area contributed by atoms with E-state index in [1.807, 2.05) is 18.0 Å². The average Bonchev–Trinajstić information content (AvgIpc) is 3.34. The standard InChI is InChI=1S/C25H30ClN3O2/c1-27(17-20-7-2-3-9-23(20)28-14-4-5-15-28)24(30)21-8-6-16-29(18-21)25(31)19-10-12-22(26)13-11-19/h2-3,7,9-13,21H,4-6,8,14-18H2,1H3/t21-/m1/s1. The van der Waals surface area contributed by atoms with Crippen LogP contribution < -0.4 is 4.90 Å². The summed E-state index contributed by atoms with van der Waals surface area (Å²) in [5.41, 5.74) is 3.04. The van der Waals surface area contributed by atoms with E-state index in [0.717, 1.165) is 25.9 Å². The molecule has 2 aliphatic rings. The molecule has 2 fully saturated rings. The topological polar surface area (TPSA) is 43.9 Å². The summed E-state index contributed by atoms with van der Waals surface area (Å²) in [4.78, 5) is 32.2. The lowest BCUT2D eigenvalue weighted by Crippen LogP contribution is -2.45. The monoisotopic (exact) mass is 439 g/mol. The molecule has 0 spiro atoms. The van der Waals surface area contributed by atoms with E-state index in [4.69, 9.17) is 11.6 Å². The Morgan fingerprint density at radius 3 is 2.45 bits per heavy atom. The van der Waals surface area contributed by atoms with Crippen LogP contribution >= 0.6 is 11.6 Å². The van der Waals surface area contributed by atoms with Gasteiger partial charge in [0.1, 0.15) is 0 Å². The number of nitrogens with zero attached hydrogens (tertiary/aromatic N) is 3. The minimum Gasteiger partial charge on any atom is -0.371 e. The van der Waals surface area contributed by atoms with E-state index in [9.17, 15) is 9.59 Å². The van der Waals surface area contributed by atoms with Crippen LogP contribution in [0.5, 0.6) is 0 Å². The molecule has 6 heteroatoms. The van der Waals surface area contributed by atoms with Gasteiger partial charge in [0, 0.05) is 56.0 Å². The van der Waals surface area contributed by atoms with Crippen molar-refractivity contribution >= 4 is 29.1 Å². The van der Waals surface area contributed by atoms with Crippen LogP contribution in [0.25, 0.3) is 0 Å². The second-order valence-electron chi connectivity index (χ2n) is 8.61. The minimum absolute atomic E-state index is 0.0313. The lowest BCUT2D eigenvalue weighted by atomic mass is 9.95. The Balaban J connectivity index is 1.41. The lowest BCUT2D eigenvalue weighted by Gasteiger charge is -2.34. The number of para-hydroxylation sites is 1. The van der Waals surface area contributed by atoms with Gasteiger partial charge in [0.25, 0.3) is 5.91 Å². The maximum atomic E-state index is 13.2. The Kier molecular flexibility index (Phi) is 6.81. The van der Waals surface area contributed by atoms with Gasteiger partial charge in [-0.25, -0.2) is 0 Å². The zero-order chi connectivity index (χ0) is 21.8. The molecule has 1 atom stereocenters. The average molecular weight is 440 g/mol. The maximum Gasteiger partial charge on any atom is 0.253 e. The van der Waals surface area contributed by atoms with Gasteiger partial charge in [-0.3, -0.25) is 9.59 Å². The molecule has 164 valence electrons. The number of halogens is 1. The summed E-state index contributed by atoms with van der Waals surface area (Å²) in [6.45, 7) is 3.91. The first-order chi connectivity index (χ1) is 15.0. The Hall–Kier alpha value is -2.53. The van der Waals surface area contributed by atoms with E-state index in [0.29, 0.717) is 30.2 Å². The summed E-state index contributed by atoms with van der Waals surface area (Å²) in [7, 11) is 1.88. The summed E-state index contributed by atoms with van der Waals surface area (Å²) in [5, 5.41) is 0.610. The highest BCUT2D eigenvalue weighted by Crippen LogP contribution is 2.27. The van der Waals surface area contributed by atoms with Crippen LogP contribution in [-0.4, -0.2) is 54.8 Å². The number of rotatable bonds is 5. The first-order valence-electron chi connectivity index (χ1n) is 11.2. The molecule has 2 aromatic carbocycles. The molecule has 0 saturated carbocycles. The van der Waals surface area contributed by atoms with Gasteiger partial charge in [-0.15, -0.1) is 0 Å². The molecule has 0 radical (unpaired) electrons. The molecule has 2 saturated heterocycles. The van der Waals surface area contributed by atoms with Crippen LogP contribution in [0.15, 0.2) is 48.5 Å². The fourth-order valence-electron chi connectivity index (χ4n) is 4.69. The molecule has 4 rings (SSSR count). The number of hydrogen-bond acceptors (Lipinski definition) is 3. The zero-order valence-corrected chi connectivity index (χ0v) is 18.9. The van der Waals surface area contributed by atoms with Gasteiger partial charge < -0.3 is 14.7 Å². The lowest BCUT2D eigenvalue weighted by molar-refractivity contribution is -0.136. The fraction of sp³-hybridized carbons (Fsp3) is 0.440. The summed E-state index contributed by atoms with van der Waals surface area (Å²) in [6.07, 6.45) is 4.11. The number of likely N-dealkylation sites (tertiary alicyclic amines) is 1. The SMILES string of the molecule is CN(Cc1ccccc1N1CCCC1)C(=O)[C@@H]1CCCN(C(=O)c2ccc(Cl)cc2)C1. The van der Waals surface area contributed by atoms with Crippen molar-refractivity contribution in [1.82, 2.24) is 9.80 Å². The van der Waals surface area contributed by atoms with Gasteiger partial charge in [0.2, 0.25) is 5.91 Å². The predicted molar refractivity (Wildman–Crippen MR) is 124 cm³/mol. The first kappa shape index (κ1) is 21.7. The third-order valence-electron chi connectivity index (χ3n) is 6.37. The number of amides is 2.